The summed E-state index contributed by atoms with van der Waals surface area (Å²) in [6.07, 6.45) is -0.741. The van der Waals surface area contributed by atoms with Crippen molar-refractivity contribution in [2.24, 2.45) is 5.92 Å². The van der Waals surface area contributed by atoms with Gasteiger partial charge in [0.1, 0.15) is 6.04 Å². The van der Waals surface area contributed by atoms with E-state index in [4.69, 9.17) is 4.74 Å². The Bertz CT molecular complexity index is 706. The molecule has 1 aromatic carbocycles. The number of likely N-dealkylation sites (N-methyl/N-ethyl adjacent to an activating group) is 1. The molecule has 7 nitrogen and oxygen atoms in total. The fourth-order valence-electron chi connectivity index (χ4n) is 2.91. The van der Waals surface area contributed by atoms with Gasteiger partial charge in [0.2, 0.25) is 0 Å². The third-order valence-corrected chi connectivity index (χ3v) is 4.19. The molecule has 1 aliphatic rings. The van der Waals surface area contributed by atoms with Crippen LogP contribution in [0.25, 0.3) is 0 Å². The summed E-state index contributed by atoms with van der Waals surface area (Å²) >= 11 is 0. The maximum absolute atomic E-state index is 12.7. The van der Waals surface area contributed by atoms with Crippen molar-refractivity contribution in [3.05, 3.63) is 35.4 Å². The van der Waals surface area contributed by atoms with Gasteiger partial charge >= 0.3 is 5.97 Å². The Balaban J connectivity index is 2.28. The smallest absolute Gasteiger partial charge is 0.330 e. The number of hydrogen-bond acceptors (Lipinski definition) is 5. The van der Waals surface area contributed by atoms with Gasteiger partial charge in [-0.1, -0.05) is 26.0 Å². The molecule has 2 atom stereocenters. The number of amides is 3. The lowest BCUT2D eigenvalue weighted by Gasteiger charge is -2.27. The van der Waals surface area contributed by atoms with E-state index < -0.39 is 29.9 Å². The van der Waals surface area contributed by atoms with Crippen LogP contribution in [-0.2, 0) is 14.3 Å². The van der Waals surface area contributed by atoms with E-state index in [1.165, 1.54) is 11.8 Å². The van der Waals surface area contributed by atoms with E-state index in [-0.39, 0.29) is 29.4 Å². The van der Waals surface area contributed by atoms with Crippen LogP contribution in [0.15, 0.2) is 24.3 Å². The minimum absolute atomic E-state index is 0.0386. The highest BCUT2D eigenvalue weighted by Crippen LogP contribution is 2.27. The first-order valence-corrected chi connectivity index (χ1v) is 8.53. The summed E-state index contributed by atoms with van der Waals surface area (Å²) in [4.78, 5) is 52.3. The van der Waals surface area contributed by atoms with Gasteiger partial charge < -0.3 is 9.64 Å². The van der Waals surface area contributed by atoms with Gasteiger partial charge in [0, 0.05) is 14.1 Å². The number of rotatable bonds is 6. The number of fused-ring (bicyclic) bond motifs is 1. The molecule has 2 rings (SSSR count). The highest BCUT2D eigenvalue weighted by molar-refractivity contribution is 6.22. The molecule has 0 radical (unpaired) electrons. The molecule has 0 aliphatic carbocycles. The summed E-state index contributed by atoms with van der Waals surface area (Å²) in [6.45, 7) is 5.23. The average molecular weight is 360 g/mol. The third-order valence-electron chi connectivity index (χ3n) is 4.19. The molecule has 1 heterocycles. The van der Waals surface area contributed by atoms with Crippen LogP contribution in [0, 0.1) is 5.92 Å². The number of hydrogen-bond donors (Lipinski definition) is 0. The van der Waals surface area contributed by atoms with Gasteiger partial charge in [-0.25, -0.2) is 4.79 Å². The van der Waals surface area contributed by atoms with Gasteiger partial charge in [0.25, 0.3) is 17.7 Å². The number of benzene rings is 1. The molecular formula is C19H24N2O5. The van der Waals surface area contributed by atoms with Crippen LogP contribution >= 0.6 is 0 Å². The summed E-state index contributed by atoms with van der Waals surface area (Å²) in [5.41, 5.74) is 0.549. The van der Waals surface area contributed by atoms with Gasteiger partial charge in [-0.15, -0.1) is 0 Å². The number of ether oxygens (including phenoxy) is 1. The van der Waals surface area contributed by atoms with E-state index in [9.17, 15) is 19.2 Å². The Kier molecular flexibility index (Phi) is 5.79. The van der Waals surface area contributed by atoms with Crippen molar-refractivity contribution in [1.82, 2.24) is 9.80 Å². The standard InChI is InChI=1S/C19H24N2O5/c1-11(2)10-15(19(25)26-12(3)16(22)20(4)5)21-17(23)13-8-6-7-9-14(13)18(21)24/h6-9,11-12,15H,10H2,1-5H3/t12-,15+/m0/s1. The Labute approximate surface area is 152 Å². The molecule has 0 bridgehead atoms. The SMILES string of the molecule is CC(C)C[C@H](C(=O)O[C@@H](C)C(=O)N(C)C)N1C(=O)c2ccccc2C1=O. The number of esters is 1. The fraction of sp³-hybridized carbons (Fsp3) is 0.474. The second-order valence-electron chi connectivity index (χ2n) is 6.98. The quantitative estimate of drug-likeness (QED) is 0.570. The Hall–Kier alpha value is -2.70. The van der Waals surface area contributed by atoms with Crippen molar-refractivity contribution in [1.29, 1.82) is 0 Å². The molecule has 7 heteroatoms. The van der Waals surface area contributed by atoms with Crippen LogP contribution in [0.4, 0.5) is 0 Å². The monoisotopic (exact) mass is 360 g/mol. The van der Waals surface area contributed by atoms with E-state index in [1.807, 2.05) is 13.8 Å². The maximum Gasteiger partial charge on any atom is 0.330 e. The molecule has 0 N–H and O–H groups in total. The molecule has 140 valence electrons. The van der Waals surface area contributed by atoms with Crippen LogP contribution in [0.2, 0.25) is 0 Å². The normalized spacial score (nSPS) is 15.7. The van der Waals surface area contributed by atoms with Gasteiger partial charge in [0.15, 0.2) is 6.10 Å². The highest BCUT2D eigenvalue weighted by Gasteiger charge is 2.44. The number of nitrogens with zero attached hydrogens (tertiary/aromatic N) is 2. The molecule has 0 saturated heterocycles. The van der Waals surface area contributed by atoms with Crippen molar-refractivity contribution >= 4 is 23.7 Å². The van der Waals surface area contributed by atoms with Crippen molar-refractivity contribution in [3.8, 4) is 0 Å². The minimum Gasteiger partial charge on any atom is -0.451 e. The maximum atomic E-state index is 12.7. The molecule has 1 aromatic rings. The van der Waals surface area contributed by atoms with Gasteiger partial charge in [-0.05, 0) is 31.4 Å². The van der Waals surface area contributed by atoms with Crippen molar-refractivity contribution in [2.75, 3.05) is 14.1 Å². The van der Waals surface area contributed by atoms with Gasteiger partial charge in [0.05, 0.1) is 11.1 Å². The van der Waals surface area contributed by atoms with Crippen molar-refractivity contribution in [2.45, 2.75) is 39.3 Å². The molecule has 0 aromatic heterocycles. The molecular weight excluding hydrogens is 336 g/mol. The molecule has 0 spiro atoms. The number of imide groups is 1. The largest absolute Gasteiger partial charge is 0.451 e. The molecule has 26 heavy (non-hydrogen) atoms. The van der Waals surface area contributed by atoms with Crippen LogP contribution < -0.4 is 0 Å². The Morgan fingerprint density at radius 3 is 1.96 bits per heavy atom. The van der Waals surface area contributed by atoms with Crippen molar-refractivity contribution < 1.29 is 23.9 Å². The first-order valence-electron chi connectivity index (χ1n) is 8.53. The van der Waals surface area contributed by atoms with E-state index >= 15 is 0 Å². The second kappa shape index (κ2) is 7.68. The zero-order valence-electron chi connectivity index (χ0n) is 15.7. The number of carbonyl (C=O) groups is 4. The lowest BCUT2D eigenvalue weighted by Crippen LogP contribution is -2.48. The first kappa shape index (κ1) is 19.6. The first-order chi connectivity index (χ1) is 12.1. The lowest BCUT2D eigenvalue weighted by atomic mass is 10.0. The van der Waals surface area contributed by atoms with Crippen molar-refractivity contribution in [3.63, 3.8) is 0 Å². The van der Waals surface area contributed by atoms with Crippen LogP contribution in [-0.4, -0.2) is 59.7 Å². The summed E-state index contributed by atoms with van der Waals surface area (Å²) in [6, 6.07) is 5.39. The molecule has 0 saturated carbocycles. The predicted molar refractivity (Wildman–Crippen MR) is 94.4 cm³/mol. The second-order valence-corrected chi connectivity index (χ2v) is 6.98. The molecule has 3 amide bonds. The van der Waals surface area contributed by atoms with E-state index in [1.54, 1.807) is 38.4 Å². The zero-order chi connectivity index (χ0) is 19.6. The minimum atomic E-state index is -1.07. The summed E-state index contributed by atoms with van der Waals surface area (Å²) < 4.78 is 5.27. The fourth-order valence-corrected chi connectivity index (χ4v) is 2.91. The number of carbonyl (C=O) groups excluding carboxylic acids is 4. The summed E-state index contributed by atoms with van der Waals surface area (Å²) in [7, 11) is 3.12. The predicted octanol–water partition coefficient (Wildman–Crippen LogP) is 1.72. The van der Waals surface area contributed by atoms with Crippen LogP contribution in [0.5, 0.6) is 0 Å². The van der Waals surface area contributed by atoms with Crippen LogP contribution in [0.1, 0.15) is 47.9 Å². The van der Waals surface area contributed by atoms with E-state index in [2.05, 4.69) is 0 Å². The van der Waals surface area contributed by atoms with Gasteiger partial charge in [-0.3, -0.25) is 19.3 Å². The summed E-state index contributed by atoms with van der Waals surface area (Å²) in [5, 5.41) is 0. The topological polar surface area (TPSA) is 84.0 Å². The average Bonchev–Trinajstić information content (AvgIpc) is 2.83. The van der Waals surface area contributed by atoms with Gasteiger partial charge in [-0.2, -0.15) is 0 Å². The third kappa shape index (κ3) is 3.76. The molecule has 1 aliphatic heterocycles. The van der Waals surface area contributed by atoms with E-state index in [0.29, 0.717) is 0 Å². The molecule has 0 unspecified atom stereocenters. The lowest BCUT2D eigenvalue weighted by molar-refractivity contribution is -0.161. The Morgan fingerprint density at radius 1 is 1.04 bits per heavy atom. The van der Waals surface area contributed by atoms with Crippen LogP contribution in [0.3, 0.4) is 0 Å². The molecule has 0 fully saturated rings. The summed E-state index contributed by atoms with van der Waals surface area (Å²) in [5.74, 6) is -2.11. The Morgan fingerprint density at radius 2 is 1.54 bits per heavy atom. The zero-order valence-corrected chi connectivity index (χ0v) is 15.7. The van der Waals surface area contributed by atoms with E-state index in [0.717, 1.165) is 4.90 Å². The highest BCUT2D eigenvalue weighted by atomic mass is 16.5.